The van der Waals surface area contributed by atoms with Gasteiger partial charge in [0, 0.05) is 26.3 Å². The Hall–Kier alpha value is -2.71. The van der Waals surface area contributed by atoms with Crippen molar-refractivity contribution in [3.63, 3.8) is 0 Å². The molecule has 8 heteroatoms. The van der Waals surface area contributed by atoms with Gasteiger partial charge in [0.1, 0.15) is 6.61 Å². The minimum Gasteiger partial charge on any atom is -0.475 e. The van der Waals surface area contributed by atoms with Gasteiger partial charge in [-0.05, 0) is 31.0 Å². The molecule has 1 aliphatic heterocycles. The molecular weight excluding hydrogens is 388 g/mol. The summed E-state index contributed by atoms with van der Waals surface area (Å²) in [4.78, 5) is 24.0. The number of pyridine rings is 1. The van der Waals surface area contributed by atoms with Crippen LogP contribution in [0.2, 0.25) is 0 Å². The van der Waals surface area contributed by atoms with Gasteiger partial charge in [-0.3, -0.25) is 4.79 Å². The molecule has 1 aromatic carbocycles. The van der Waals surface area contributed by atoms with E-state index < -0.39 is 0 Å². The number of nitrogens with zero attached hydrogens (tertiary/aromatic N) is 3. The Kier molecular flexibility index (Phi) is 6.21. The molecule has 7 nitrogen and oxygen atoms in total. The fraction of sp³-hybridized carbons (Fsp3) is 0.381. The van der Waals surface area contributed by atoms with E-state index >= 15 is 0 Å². The monoisotopic (exact) mass is 412 g/mol. The lowest BCUT2D eigenvalue weighted by molar-refractivity contribution is -0.120. The number of carbonyl (C=O) groups is 1. The van der Waals surface area contributed by atoms with E-state index in [0.717, 1.165) is 30.0 Å². The molecule has 1 N–H and O–H groups in total. The van der Waals surface area contributed by atoms with Crippen LogP contribution >= 0.6 is 11.3 Å². The second-order valence-corrected chi connectivity index (χ2v) is 7.97. The first-order valence-corrected chi connectivity index (χ1v) is 10.5. The quantitative estimate of drug-likeness (QED) is 0.598. The van der Waals surface area contributed by atoms with Gasteiger partial charge >= 0.3 is 0 Å². The van der Waals surface area contributed by atoms with Crippen LogP contribution in [0.1, 0.15) is 12.8 Å². The number of benzene rings is 1. The number of piperidine rings is 1. The molecule has 1 atom stereocenters. The first-order chi connectivity index (χ1) is 14.2. The maximum absolute atomic E-state index is 12.8. The van der Waals surface area contributed by atoms with Crippen molar-refractivity contribution in [3.8, 4) is 5.88 Å². The third-order valence-electron chi connectivity index (χ3n) is 4.89. The van der Waals surface area contributed by atoms with Crippen LogP contribution in [0.5, 0.6) is 5.88 Å². The number of carbonyl (C=O) groups excluding carboxylic acids is 1. The third-order valence-corrected chi connectivity index (χ3v) is 5.98. The number of para-hydroxylation sites is 1. The van der Waals surface area contributed by atoms with Crippen LogP contribution in [-0.2, 0) is 9.53 Å². The minimum atomic E-state index is -0.0756. The number of amides is 1. The number of rotatable bonds is 7. The molecule has 0 aliphatic carbocycles. The lowest BCUT2D eigenvalue weighted by Gasteiger charge is -2.31. The van der Waals surface area contributed by atoms with E-state index in [9.17, 15) is 4.79 Å². The predicted octanol–water partition coefficient (Wildman–Crippen LogP) is 3.57. The van der Waals surface area contributed by atoms with E-state index in [2.05, 4.69) is 21.3 Å². The average Bonchev–Trinajstić information content (AvgIpc) is 3.20. The lowest BCUT2D eigenvalue weighted by atomic mass is 9.97. The van der Waals surface area contributed by atoms with Gasteiger partial charge in [0.25, 0.3) is 0 Å². The molecule has 0 saturated carbocycles. The van der Waals surface area contributed by atoms with Crippen LogP contribution in [0.4, 0.5) is 10.8 Å². The summed E-state index contributed by atoms with van der Waals surface area (Å²) in [6, 6.07) is 11.7. The molecule has 152 valence electrons. The Balaban J connectivity index is 1.36. The van der Waals surface area contributed by atoms with Crippen molar-refractivity contribution in [3.05, 3.63) is 42.6 Å². The Morgan fingerprint density at radius 2 is 2.17 bits per heavy atom. The van der Waals surface area contributed by atoms with E-state index in [0.29, 0.717) is 31.3 Å². The molecule has 1 aliphatic rings. The van der Waals surface area contributed by atoms with Crippen LogP contribution in [0.3, 0.4) is 0 Å². The summed E-state index contributed by atoms with van der Waals surface area (Å²) >= 11 is 1.68. The highest BCUT2D eigenvalue weighted by molar-refractivity contribution is 7.22. The molecule has 4 rings (SSSR count). The van der Waals surface area contributed by atoms with Crippen molar-refractivity contribution in [2.75, 3.05) is 43.6 Å². The van der Waals surface area contributed by atoms with E-state index in [1.807, 2.05) is 18.2 Å². The molecule has 0 bridgehead atoms. The summed E-state index contributed by atoms with van der Waals surface area (Å²) in [5.74, 6) is 0.457. The molecule has 1 saturated heterocycles. The number of aromatic nitrogens is 2. The molecular formula is C21H24N4O3S. The Morgan fingerprint density at radius 1 is 1.28 bits per heavy atom. The summed E-state index contributed by atoms with van der Waals surface area (Å²) in [6.45, 7) is 2.56. The van der Waals surface area contributed by atoms with Crippen LogP contribution in [0.15, 0.2) is 42.6 Å². The van der Waals surface area contributed by atoms with E-state index in [4.69, 9.17) is 14.5 Å². The molecule has 3 aromatic rings. The smallest absolute Gasteiger partial charge is 0.229 e. The van der Waals surface area contributed by atoms with E-state index in [1.165, 1.54) is 4.70 Å². The molecule has 2 aromatic heterocycles. The molecule has 29 heavy (non-hydrogen) atoms. The van der Waals surface area contributed by atoms with Crippen molar-refractivity contribution in [1.29, 1.82) is 0 Å². The van der Waals surface area contributed by atoms with Gasteiger partial charge in [0.2, 0.25) is 11.8 Å². The summed E-state index contributed by atoms with van der Waals surface area (Å²) in [5, 5.41) is 3.97. The van der Waals surface area contributed by atoms with Gasteiger partial charge in [-0.25, -0.2) is 9.97 Å². The van der Waals surface area contributed by atoms with Crippen LogP contribution in [0, 0.1) is 5.92 Å². The highest BCUT2D eigenvalue weighted by Gasteiger charge is 2.27. The van der Waals surface area contributed by atoms with Crippen LogP contribution in [0.25, 0.3) is 10.2 Å². The fourth-order valence-electron chi connectivity index (χ4n) is 3.37. The highest BCUT2D eigenvalue weighted by atomic mass is 32.1. The normalized spacial score (nSPS) is 16.7. The Labute approximate surface area is 173 Å². The van der Waals surface area contributed by atoms with Crippen molar-refractivity contribution in [2.45, 2.75) is 12.8 Å². The maximum Gasteiger partial charge on any atom is 0.229 e. The summed E-state index contributed by atoms with van der Waals surface area (Å²) in [5.41, 5.74) is 1.68. The van der Waals surface area contributed by atoms with Crippen molar-refractivity contribution in [1.82, 2.24) is 9.97 Å². The first kappa shape index (κ1) is 19.6. The zero-order chi connectivity index (χ0) is 20.1. The number of anilines is 2. The van der Waals surface area contributed by atoms with Gasteiger partial charge in [-0.2, -0.15) is 0 Å². The van der Waals surface area contributed by atoms with Gasteiger partial charge < -0.3 is 19.7 Å². The molecule has 1 fully saturated rings. The first-order valence-electron chi connectivity index (χ1n) is 9.72. The van der Waals surface area contributed by atoms with Gasteiger partial charge in [0.15, 0.2) is 5.13 Å². The molecule has 0 spiro atoms. The van der Waals surface area contributed by atoms with Crippen molar-refractivity contribution in [2.24, 2.45) is 5.92 Å². The topological polar surface area (TPSA) is 76.6 Å². The van der Waals surface area contributed by atoms with Gasteiger partial charge in [-0.15, -0.1) is 0 Å². The summed E-state index contributed by atoms with van der Waals surface area (Å²) in [7, 11) is 1.62. The number of methoxy groups -OCH3 is 1. The molecule has 0 radical (unpaired) electrons. The summed E-state index contributed by atoms with van der Waals surface area (Å²) in [6.07, 6.45) is 3.46. The highest BCUT2D eigenvalue weighted by Crippen LogP contribution is 2.31. The minimum absolute atomic E-state index is 0.0191. The van der Waals surface area contributed by atoms with Gasteiger partial charge in [-0.1, -0.05) is 23.5 Å². The Bertz CT molecular complexity index is 927. The lowest BCUT2D eigenvalue weighted by Crippen LogP contribution is -2.40. The predicted molar refractivity (Wildman–Crippen MR) is 115 cm³/mol. The number of hydrogen-bond donors (Lipinski definition) is 1. The second kappa shape index (κ2) is 9.19. The number of hydrogen-bond acceptors (Lipinski definition) is 7. The van der Waals surface area contributed by atoms with Gasteiger partial charge in [0.05, 0.1) is 34.6 Å². The average molecular weight is 413 g/mol. The number of nitrogens with one attached hydrogen (secondary N) is 1. The largest absolute Gasteiger partial charge is 0.475 e. The van der Waals surface area contributed by atoms with Crippen molar-refractivity contribution < 1.29 is 14.3 Å². The zero-order valence-corrected chi connectivity index (χ0v) is 17.2. The molecule has 3 heterocycles. The third kappa shape index (κ3) is 4.83. The fourth-order valence-corrected chi connectivity index (χ4v) is 4.37. The van der Waals surface area contributed by atoms with Crippen LogP contribution in [-0.4, -0.2) is 49.3 Å². The molecule has 0 unspecified atom stereocenters. The summed E-state index contributed by atoms with van der Waals surface area (Å²) < 4.78 is 11.6. The van der Waals surface area contributed by atoms with Crippen molar-refractivity contribution >= 4 is 38.3 Å². The number of thiazole rings is 1. The van der Waals surface area contributed by atoms with Crippen LogP contribution < -0.4 is 15.0 Å². The standard InChI is InChI=1S/C21H24N4O3S/c1-27-11-12-28-19-9-8-16(13-22-19)23-20(26)15-5-4-10-25(14-15)21-24-17-6-2-3-7-18(17)29-21/h2-3,6-9,13,15H,4-5,10-12,14H2,1H3,(H,23,26)/t15-/m1/s1. The second-order valence-electron chi connectivity index (χ2n) is 6.96. The Morgan fingerprint density at radius 3 is 2.97 bits per heavy atom. The number of fused-ring (bicyclic) bond motifs is 1. The maximum atomic E-state index is 12.8. The zero-order valence-electron chi connectivity index (χ0n) is 16.3. The SMILES string of the molecule is COCCOc1ccc(NC(=O)[C@@H]2CCCN(c3nc4ccccc4s3)C2)cn1. The van der Waals surface area contributed by atoms with E-state index in [-0.39, 0.29) is 11.8 Å². The molecule has 1 amide bonds. The number of ether oxygens (including phenoxy) is 2. The van der Waals surface area contributed by atoms with E-state index in [1.54, 1.807) is 36.8 Å².